The highest BCUT2D eigenvalue weighted by molar-refractivity contribution is 7.09. The quantitative estimate of drug-likeness (QED) is 0.925. The molecule has 2 heterocycles. The third-order valence-corrected chi connectivity index (χ3v) is 3.33. The largest absolute Gasteiger partial charge is 0.381 e. The smallest absolute Gasteiger partial charge is 0.257 e. The molecule has 0 radical (unpaired) electrons. The number of pyridine rings is 1. The van der Waals surface area contributed by atoms with Crippen LogP contribution in [0.4, 0.5) is 10.2 Å². The van der Waals surface area contributed by atoms with Gasteiger partial charge in [0.2, 0.25) is 0 Å². The molecular formula is C12H12FN3OS. The van der Waals surface area contributed by atoms with Gasteiger partial charge in [-0.15, -0.1) is 11.3 Å². The zero-order valence-corrected chi connectivity index (χ0v) is 10.6. The van der Waals surface area contributed by atoms with Crippen LogP contribution in [-0.4, -0.2) is 22.8 Å². The summed E-state index contributed by atoms with van der Waals surface area (Å²) in [4.78, 5) is 18.1. The van der Waals surface area contributed by atoms with Gasteiger partial charge < -0.3 is 10.6 Å². The van der Waals surface area contributed by atoms with Gasteiger partial charge in [-0.1, -0.05) is 6.07 Å². The molecule has 4 nitrogen and oxygen atoms in total. The summed E-state index contributed by atoms with van der Waals surface area (Å²) >= 11 is 1.55. The Morgan fingerprint density at radius 3 is 3.00 bits per heavy atom. The molecule has 2 rings (SSSR count). The summed E-state index contributed by atoms with van der Waals surface area (Å²) in [5.74, 6) is -1.43. The predicted molar refractivity (Wildman–Crippen MR) is 68.7 cm³/mol. The molecule has 18 heavy (non-hydrogen) atoms. The fraction of sp³-hybridized carbons (Fsp3) is 0.167. The summed E-state index contributed by atoms with van der Waals surface area (Å²) in [5.41, 5.74) is 5.29. The number of carbonyl (C=O) groups excluding carboxylic acids is 1. The molecule has 0 saturated heterocycles. The van der Waals surface area contributed by atoms with Gasteiger partial charge in [0.15, 0.2) is 11.6 Å². The van der Waals surface area contributed by atoms with Crippen molar-refractivity contribution < 1.29 is 9.18 Å². The van der Waals surface area contributed by atoms with E-state index in [9.17, 15) is 9.18 Å². The van der Waals surface area contributed by atoms with E-state index in [-0.39, 0.29) is 11.4 Å². The van der Waals surface area contributed by atoms with Crippen LogP contribution in [-0.2, 0) is 6.54 Å². The van der Waals surface area contributed by atoms with Gasteiger partial charge in [0.25, 0.3) is 5.91 Å². The number of carbonyl (C=O) groups is 1. The maximum atomic E-state index is 13.7. The van der Waals surface area contributed by atoms with Gasteiger partial charge >= 0.3 is 0 Å². The van der Waals surface area contributed by atoms with Crippen LogP contribution in [0.5, 0.6) is 0 Å². The van der Waals surface area contributed by atoms with Crippen LogP contribution in [0.2, 0.25) is 0 Å². The van der Waals surface area contributed by atoms with E-state index in [0.29, 0.717) is 6.54 Å². The number of aromatic nitrogens is 1. The number of rotatable bonds is 3. The van der Waals surface area contributed by atoms with E-state index in [1.165, 1.54) is 17.2 Å². The lowest BCUT2D eigenvalue weighted by Gasteiger charge is -2.16. The molecule has 2 aromatic heterocycles. The second-order valence-electron chi connectivity index (χ2n) is 3.80. The van der Waals surface area contributed by atoms with Crippen molar-refractivity contribution in [3.63, 3.8) is 0 Å². The Hall–Kier alpha value is -1.95. The van der Waals surface area contributed by atoms with Gasteiger partial charge in [-0.2, -0.15) is 0 Å². The Morgan fingerprint density at radius 2 is 2.33 bits per heavy atom. The summed E-state index contributed by atoms with van der Waals surface area (Å²) < 4.78 is 13.7. The molecule has 0 spiro atoms. The van der Waals surface area contributed by atoms with Gasteiger partial charge in [0, 0.05) is 18.1 Å². The van der Waals surface area contributed by atoms with E-state index in [1.54, 1.807) is 18.4 Å². The number of nitrogens with zero attached hydrogens (tertiary/aromatic N) is 2. The Balaban J connectivity index is 2.18. The second-order valence-corrected chi connectivity index (χ2v) is 4.83. The van der Waals surface area contributed by atoms with E-state index in [0.717, 1.165) is 4.88 Å². The summed E-state index contributed by atoms with van der Waals surface area (Å²) in [6.45, 7) is 0.443. The number of hydrogen-bond acceptors (Lipinski definition) is 4. The van der Waals surface area contributed by atoms with E-state index in [4.69, 9.17) is 5.73 Å². The summed E-state index contributed by atoms with van der Waals surface area (Å²) in [6.07, 6.45) is 1.32. The zero-order chi connectivity index (χ0) is 13.1. The highest BCUT2D eigenvalue weighted by Crippen LogP contribution is 2.16. The first-order valence-electron chi connectivity index (χ1n) is 5.27. The molecule has 6 heteroatoms. The van der Waals surface area contributed by atoms with Gasteiger partial charge in [-0.05, 0) is 17.5 Å². The van der Waals surface area contributed by atoms with Crippen molar-refractivity contribution in [1.82, 2.24) is 9.88 Å². The van der Waals surface area contributed by atoms with Crippen molar-refractivity contribution in [3.05, 3.63) is 46.0 Å². The minimum absolute atomic E-state index is 0.0541. The molecule has 0 atom stereocenters. The standard InChI is InChI=1S/C12H12FN3OS/c1-16(7-8-3-2-6-18-8)12(17)9-4-5-15-11(14)10(9)13/h2-6H,7H2,1H3,(H2,14,15). The summed E-state index contributed by atoms with van der Waals surface area (Å²) in [7, 11) is 1.62. The number of hydrogen-bond donors (Lipinski definition) is 1. The number of amides is 1. The first kappa shape index (κ1) is 12.5. The molecule has 94 valence electrons. The van der Waals surface area contributed by atoms with Crippen LogP contribution in [0.15, 0.2) is 29.8 Å². The van der Waals surface area contributed by atoms with Crippen LogP contribution in [0.1, 0.15) is 15.2 Å². The van der Waals surface area contributed by atoms with Crippen molar-refractivity contribution in [2.24, 2.45) is 0 Å². The highest BCUT2D eigenvalue weighted by Gasteiger charge is 2.18. The maximum absolute atomic E-state index is 13.7. The monoisotopic (exact) mass is 265 g/mol. The van der Waals surface area contributed by atoms with Crippen LogP contribution < -0.4 is 5.73 Å². The van der Waals surface area contributed by atoms with Crippen LogP contribution in [0.25, 0.3) is 0 Å². The van der Waals surface area contributed by atoms with Crippen molar-refractivity contribution in [2.45, 2.75) is 6.54 Å². The lowest BCUT2D eigenvalue weighted by molar-refractivity contribution is 0.0782. The molecule has 0 fully saturated rings. The van der Waals surface area contributed by atoms with Crippen LogP contribution in [0, 0.1) is 5.82 Å². The van der Waals surface area contributed by atoms with Crippen LogP contribution in [0.3, 0.4) is 0 Å². The molecule has 0 saturated carbocycles. The molecule has 0 aromatic carbocycles. The molecule has 2 N–H and O–H groups in total. The topological polar surface area (TPSA) is 59.2 Å². The number of nitrogen functional groups attached to an aromatic ring is 1. The molecule has 0 bridgehead atoms. The third kappa shape index (κ3) is 2.48. The SMILES string of the molecule is CN(Cc1cccs1)C(=O)c1ccnc(N)c1F. The second kappa shape index (κ2) is 5.14. The lowest BCUT2D eigenvalue weighted by Crippen LogP contribution is -2.27. The van der Waals surface area contributed by atoms with Crippen molar-refractivity contribution in [3.8, 4) is 0 Å². The van der Waals surface area contributed by atoms with E-state index in [2.05, 4.69) is 4.98 Å². The molecule has 2 aromatic rings. The van der Waals surface area contributed by atoms with Gasteiger partial charge in [-0.25, -0.2) is 9.37 Å². The molecule has 0 aliphatic heterocycles. The Morgan fingerprint density at radius 1 is 1.56 bits per heavy atom. The number of nitrogens with two attached hydrogens (primary N) is 1. The van der Waals surface area contributed by atoms with Crippen molar-refractivity contribution in [1.29, 1.82) is 0 Å². The Kier molecular flexibility index (Phi) is 3.57. The maximum Gasteiger partial charge on any atom is 0.257 e. The van der Waals surface area contributed by atoms with Gasteiger partial charge in [0.1, 0.15) is 0 Å². The average molecular weight is 265 g/mol. The summed E-state index contributed by atoms with van der Waals surface area (Å²) in [5, 5.41) is 1.93. The Bertz CT molecular complexity index is 556. The van der Waals surface area contributed by atoms with Gasteiger partial charge in [-0.3, -0.25) is 4.79 Å². The lowest BCUT2D eigenvalue weighted by atomic mass is 10.2. The molecular weight excluding hydrogens is 253 g/mol. The molecule has 0 unspecified atom stereocenters. The molecule has 0 aliphatic rings. The molecule has 0 aliphatic carbocycles. The first-order valence-corrected chi connectivity index (χ1v) is 6.15. The van der Waals surface area contributed by atoms with Crippen molar-refractivity contribution in [2.75, 3.05) is 12.8 Å². The highest BCUT2D eigenvalue weighted by atomic mass is 32.1. The fourth-order valence-corrected chi connectivity index (χ4v) is 2.30. The van der Waals surface area contributed by atoms with E-state index in [1.807, 2.05) is 17.5 Å². The number of anilines is 1. The van der Waals surface area contributed by atoms with E-state index >= 15 is 0 Å². The zero-order valence-electron chi connectivity index (χ0n) is 9.76. The minimum Gasteiger partial charge on any atom is -0.381 e. The summed E-state index contributed by atoms with van der Waals surface area (Å²) in [6, 6.07) is 5.16. The minimum atomic E-state index is -0.763. The average Bonchev–Trinajstić information content (AvgIpc) is 2.84. The van der Waals surface area contributed by atoms with Gasteiger partial charge in [0.05, 0.1) is 12.1 Å². The van der Waals surface area contributed by atoms with Crippen LogP contribution >= 0.6 is 11.3 Å². The normalized spacial score (nSPS) is 10.3. The van der Waals surface area contributed by atoms with Crippen molar-refractivity contribution >= 4 is 23.1 Å². The third-order valence-electron chi connectivity index (χ3n) is 2.47. The number of thiophene rings is 1. The predicted octanol–water partition coefficient (Wildman–Crippen LogP) is 2.14. The first-order chi connectivity index (χ1) is 8.59. The van der Waals surface area contributed by atoms with E-state index < -0.39 is 11.7 Å². The molecule has 1 amide bonds. The fourth-order valence-electron chi connectivity index (χ4n) is 1.54. The Labute approximate surface area is 108 Å². The number of halogens is 1.